The zero-order chi connectivity index (χ0) is 18.7. The Balaban J connectivity index is 1.65. The number of nitrogens with one attached hydrogen (secondary N) is 1. The van der Waals surface area contributed by atoms with Crippen molar-refractivity contribution in [3.8, 4) is 5.75 Å². The Bertz CT molecular complexity index is 952. The van der Waals surface area contributed by atoms with Crippen molar-refractivity contribution in [1.82, 2.24) is 0 Å². The molecule has 0 aliphatic heterocycles. The Morgan fingerprint density at radius 1 is 1.15 bits per heavy atom. The van der Waals surface area contributed by atoms with Gasteiger partial charge in [0, 0.05) is 10.2 Å². The summed E-state index contributed by atoms with van der Waals surface area (Å²) < 4.78 is 12.1. The molecule has 3 rings (SSSR count). The van der Waals surface area contributed by atoms with E-state index in [4.69, 9.17) is 20.8 Å². The molecule has 6 heteroatoms. The minimum Gasteiger partial charge on any atom is -0.484 e. The molecule has 0 fully saturated rings. The third-order valence-electron chi connectivity index (χ3n) is 3.79. The highest BCUT2D eigenvalue weighted by Crippen LogP contribution is 2.28. The lowest BCUT2D eigenvalue weighted by Crippen LogP contribution is -2.12. The molecule has 1 aromatic heterocycles. The largest absolute Gasteiger partial charge is 0.484 e. The van der Waals surface area contributed by atoms with Crippen molar-refractivity contribution >= 4 is 39.1 Å². The quantitative estimate of drug-likeness (QED) is 0.524. The van der Waals surface area contributed by atoms with Gasteiger partial charge >= 0.3 is 0 Å². The fourth-order valence-corrected chi connectivity index (χ4v) is 3.10. The van der Waals surface area contributed by atoms with Crippen LogP contribution in [0.5, 0.6) is 5.75 Å². The van der Waals surface area contributed by atoms with Gasteiger partial charge in [-0.05, 0) is 61.4 Å². The van der Waals surface area contributed by atoms with Gasteiger partial charge in [0.2, 0.25) is 0 Å². The average Bonchev–Trinajstić information content (AvgIpc) is 3.06. The monoisotopic (exact) mass is 433 g/mol. The van der Waals surface area contributed by atoms with E-state index in [0.29, 0.717) is 16.5 Å². The smallest absolute Gasteiger partial charge is 0.291 e. The van der Waals surface area contributed by atoms with E-state index >= 15 is 0 Å². The van der Waals surface area contributed by atoms with Gasteiger partial charge in [-0.15, -0.1) is 0 Å². The van der Waals surface area contributed by atoms with Crippen LogP contribution >= 0.6 is 27.5 Å². The molecule has 0 aliphatic carbocycles. The maximum Gasteiger partial charge on any atom is 0.291 e. The number of carbonyl (C=O) groups excluding carboxylic acids is 1. The molecule has 0 bridgehead atoms. The summed E-state index contributed by atoms with van der Waals surface area (Å²) in [7, 11) is 0. The van der Waals surface area contributed by atoms with Crippen molar-refractivity contribution < 1.29 is 13.9 Å². The minimum absolute atomic E-state index is 0.179. The van der Waals surface area contributed by atoms with E-state index in [1.165, 1.54) is 0 Å². The van der Waals surface area contributed by atoms with Gasteiger partial charge < -0.3 is 14.5 Å². The second-order valence-electron chi connectivity index (χ2n) is 5.90. The number of benzene rings is 2. The number of amides is 1. The SMILES string of the molecule is Cc1ccc(C)c(NC(=O)c2ccc(COc3ccc(Br)cc3Cl)o2)c1. The summed E-state index contributed by atoms with van der Waals surface area (Å²) in [6, 6.07) is 14.6. The molecule has 4 nitrogen and oxygen atoms in total. The van der Waals surface area contributed by atoms with Crippen LogP contribution < -0.4 is 10.1 Å². The molecule has 2 aromatic carbocycles. The van der Waals surface area contributed by atoms with Crippen LogP contribution in [0.25, 0.3) is 0 Å². The second-order valence-corrected chi connectivity index (χ2v) is 7.22. The normalized spacial score (nSPS) is 10.6. The Morgan fingerprint density at radius 3 is 2.73 bits per heavy atom. The number of hydrogen-bond acceptors (Lipinski definition) is 3. The maximum absolute atomic E-state index is 12.4. The molecule has 0 atom stereocenters. The van der Waals surface area contributed by atoms with Crippen molar-refractivity contribution in [3.63, 3.8) is 0 Å². The van der Waals surface area contributed by atoms with Gasteiger partial charge in [-0.25, -0.2) is 0 Å². The molecular formula is C20H17BrClNO3. The van der Waals surface area contributed by atoms with E-state index in [0.717, 1.165) is 21.3 Å². The molecule has 3 aromatic rings. The lowest BCUT2D eigenvalue weighted by Gasteiger charge is -2.08. The molecule has 134 valence electrons. The number of ether oxygens (including phenoxy) is 1. The predicted molar refractivity (Wildman–Crippen MR) is 106 cm³/mol. The average molecular weight is 435 g/mol. The Morgan fingerprint density at radius 2 is 1.96 bits per heavy atom. The number of anilines is 1. The fraction of sp³-hybridized carbons (Fsp3) is 0.150. The van der Waals surface area contributed by atoms with Crippen LogP contribution in [0.3, 0.4) is 0 Å². The van der Waals surface area contributed by atoms with Gasteiger partial charge in [-0.1, -0.05) is 39.7 Å². The number of rotatable bonds is 5. The summed E-state index contributed by atoms with van der Waals surface area (Å²) in [5, 5.41) is 3.37. The van der Waals surface area contributed by atoms with E-state index in [1.807, 2.05) is 38.1 Å². The van der Waals surface area contributed by atoms with Gasteiger partial charge in [0.1, 0.15) is 18.1 Å². The van der Waals surface area contributed by atoms with Gasteiger partial charge in [-0.2, -0.15) is 0 Å². The van der Waals surface area contributed by atoms with Crippen LogP contribution in [-0.4, -0.2) is 5.91 Å². The number of aryl methyl sites for hydroxylation is 2. The van der Waals surface area contributed by atoms with Crippen molar-refractivity contribution in [2.45, 2.75) is 20.5 Å². The van der Waals surface area contributed by atoms with Crippen molar-refractivity contribution in [3.05, 3.63) is 80.7 Å². The number of halogens is 2. The molecule has 0 aliphatic rings. The Labute approximate surface area is 165 Å². The van der Waals surface area contributed by atoms with Crippen LogP contribution in [0.4, 0.5) is 5.69 Å². The maximum atomic E-state index is 12.4. The van der Waals surface area contributed by atoms with Gasteiger partial charge in [-0.3, -0.25) is 4.79 Å². The van der Waals surface area contributed by atoms with Crippen LogP contribution in [0.15, 0.2) is 57.4 Å². The first-order chi connectivity index (χ1) is 12.4. The van der Waals surface area contributed by atoms with E-state index < -0.39 is 0 Å². The molecule has 0 radical (unpaired) electrons. The molecular weight excluding hydrogens is 418 g/mol. The van der Waals surface area contributed by atoms with Crippen LogP contribution in [0, 0.1) is 13.8 Å². The summed E-state index contributed by atoms with van der Waals surface area (Å²) in [5.74, 6) is 1.01. The molecule has 0 saturated heterocycles. The summed E-state index contributed by atoms with van der Waals surface area (Å²) in [5.41, 5.74) is 2.83. The van der Waals surface area contributed by atoms with Gasteiger partial charge in [0.25, 0.3) is 5.91 Å². The molecule has 0 unspecified atom stereocenters. The summed E-state index contributed by atoms with van der Waals surface area (Å²) in [4.78, 5) is 12.4. The first-order valence-electron chi connectivity index (χ1n) is 7.97. The zero-order valence-electron chi connectivity index (χ0n) is 14.3. The van der Waals surface area contributed by atoms with Crippen molar-refractivity contribution in [1.29, 1.82) is 0 Å². The zero-order valence-corrected chi connectivity index (χ0v) is 16.6. The Kier molecular flexibility index (Phi) is 5.69. The highest BCUT2D eigenvalue weighted by molar-refractivity contribution is 9.10. The molecule has 1 amide bonds. The summed E-state index contributed by atoms with van der Waals surface area (Å²) in [6.07, 6.45) is 0. The predicted octanol–water partition coefficient (Wildman–Crippen LogP) is 6.14. The van der Waals surface area contributed by atoms with E-state index in [2.05, 4.69) is 21.2 Å². The highest BCUT2D eigenvalue weighted by Gasteiger charge is 2.13. The second kappa shape index (κ2) is 7.98. The van der Waals surface area contributed by atoms with Crippen LogP contribution in [-0.2, 0) is 6.61 Å². The third kappa shape index (κ3) is 4.48. The molecule has 1 heterocycles. The number of carbonyl (C=O) groups is 1. The van der Waals surface area contributed by atoms with Gasteiger partial charge in [0.15, 0.2) is 5.76 Å². The lowest BCUT2D eigenvalue weighted by molar-refractivity contribution is 0.0992. The number of hydrogen-bond donors (Lipinski definition) is 1. The molecule has 0 spiro atoms. The fourth-order valence-electron chi connectivity index (χ4n) is 2.37. The van der Waals surface area contributed by atoms with E-state index in [-0.39, 0.29) is 18.3 Å². The van der Waals surface area contributed by atoms with Crippen molar-refractivity contribution in [2.24, 2.45) is 0 Å². The first-order valence-corrected chi connectivity index (χ1v) is 9.14. The topological polar surface area (TPSA) is 51.5 Å². The van der Waals surface area contributed by atoms with Crippen molar-refractivity contribution in [2.75, 3.05) is 5.32 Å². The van der Waals surface area contributed by atoms with Crippen LogP contribution in [0.1, 0.15) is 27.4 Å². The minimum atomic E-state index is -0.299. The van der Waals surface area contributed by atoms with E-state index in [9.17, 15) is 4.79 Å². The van der Waals surface area contributed by atoms with Crippen LogP contribution in [0.2, 0.25) is 5.02 Å². The first kappa shape index (κ1) is 18.5. The third-order valence-corrected chi connectivity index (χ3v) is 4.58. The Hall–Kier alpha value is -2.24. The summed E-state index contributed by atoms with van der Waals surface area (Å²) in [6.45, 7) is 4.10. The van der Waals surface area contributed by atoms with Gasteiger partial charge in [0.05, 0.1) is 5.02 Å². The van der Waals surface area contributed by atoms with E-state index in [1.54, 1.807) is 24.3 Å². The molecule has 0 saturated carbocycles. The number of furan rings is 1. The highest BCUT2D eigenvalue weighted by atomic mass is 79.9. The standard InChI is InChI=1S/C20H17BrClNO3/c1-12-3-4-13(2)17(9-12)23-20(24)19-8-6-15(26-19)11-25-18-7-5-14(21)10-16(18)22/h3-10H,11H2,1-2H3,(H,23,24). The molecule has 1 N–H and O–H groups in total. The summed E-state index contributed by atoms with van der Waals surface area (Å²) >= 11 is 9.46. The lowest BCUT2D eigenvalue weighted by atomic mass is 10.1. The molecule has 26 heavy (non-hydrogen) atoms.